The van der Waals surface area contributed by atoms with E-state index < -0.39 is 0 Å². The number of hydrogen-bond acceptors (Lipinski definition) is 2. The van der Waals surface area contributed by atoms with Crippen LogP contribution < -0.4 is 0 Å². The predicted octanol–water partition coefficient (Wildman–Crippen LogP) is 2.49. The molecule has 0 N–H and O–H groups in total. The van der Waals surface area contributed by atoms with E-state index in [2.05, 4.69) is 23.9 Å². The van der Waals surface area contributed by atoms with Crippen molar-refractivity contribution in [2.45, 2.75) is 45.5 Å². The number of halogens is 1. The SMILES string of the molecule is CCC(Cc1ncnn1CC)C(C)Cl. The van der Waals surface area contributed by atoms with Crippen molar-refractivity contribution in [3.05, 3.63) is 12.2 Å². The second-order valence-electron chi connectivity index (χ2n) is 3.54. The van der Waals surface area contributed by atoms with Crippen LogP contribution in [0.4, 0.5) is 0 Å². The summed E-state index contributed by atoms with van der Waals surface area (Å²) in [5.41, 5.74) is 0. The monoisotopic (exact) mass is 215 g/mol. The third kappa shape index (κ3) is 2.71. The van der Waals surface area contributed by atoms with Crippen molar-refractivity contribution in [1.82, 2.24) is 14.8 Å². The van der Waals surface area contributed by atoms with Crippen molar-refractivity contribution in [3.8, 4) is 0 Å². The lowest BCUT2D eigenvalue weighted by Crippen LogP contribution is -2.17. The molecule has 0 aromatic carbocycles. The van der Waals surface area contributed by atoms with Crippen LogP contribution in [-0.2, 0) is 13.0 Å². The second-order valence-corrected chi connectivity index (χ2v) is 4.23. The number of nitrogens with zero attached hydrogens (tertiary/aromatic N) is 3. The van der Waals surface area contributed by atoms with Gasteiger partial charge in [-0.15, -0.1) is 11.6 Å². The highest BCUT2D eigenvalue weighted by Gasteiger charge is 2.16. The maximum atomic E-state index is 6.10. The average molecular weight is 216 g/mol. The minimum Gasteiger partial charge on any atom is -0.250 e. The Labute approximate surface area is 90.5 Å². The van der Waals surface area contributed by atoms with E-state index in [0.717, 1.165) is 25.2 Å². The van der Waals surface area contributed by atoms with Crippen molar-refractivity contribution >= 4 is 11.6 Å². The van der Waals surface area contributed by atoms with E-state index in [-0.39, 0.29) is 5.38 Å². The molecular weight excluding hydrogens is 198 g/mol. The van der Waals surface area contributed by atoms with Gasteiger partial charge in [0.15, 0.2) is 0 Å². The van der Waals surface area contributed by atoms with Crippen LogP contribution in [0.1, 0.15) is 33.0 Å². The fourth-order valence-corrected chi connectivity index (χ4v) is 1.84. The zero-order valence-corrected chi connectivity index (χ0v) is 9.83. The number of aryl methyl sites for hydroxylation is 1. The first kappa shape index (κ1) is 11.5. The number of alkyl halides is 1. The molecule has 0 spiro atoms. The molecule has 0 bridgehead atoms. The Bertz CT molecular complexity index is 270. The molecule has 3 nitrogen and oxygen atoms in total. The molecule has 1 aromatic rings. The van der Waals surface area contributed by atoms with Crippen molar-refractivity contribution in [2.24, 2.45) is 5.92 Å². The van der Waals surface area contributed by atoms with Gasteiger partial charge in [-0.3, -0.25) is 4.68 Å². The quantitative estimate of drug-likeness (QED) is 0.707. The molecule has 0 saturated carbocycles. The van der Waals surface area contributed by atoms with Gasteiger partial charge in [0, 0.05) is 18.3 Å². The average Bonchev–Trinajstić information content (AvgIpc) is 2.60. The van der Waals surface area contributed by atoms with Crippen LogP contribution in [0, 0.1) is 5.92 Å². The Morgan fingerprint density at radius 1 is 1.50 bits per heavy atom. The number of aromatic nitrogens is 3. The summed E-state index contributed by atoms with van der Waals surface area (Å²) in [5, 5.41) is 4.34. The van der Waals surface area contributed by atoms with Gasteiger partial charge < -0.3 is 0 Å². The van der Waals surface area contributed by atoms with Gasteiger partial charge in [-0.2, -0.15) is 5.10 Å². The second kappa shape index (κ2) is 5.35. The topological polar surface area (TPSA) is 30.7 Å². The molecule has 80 valence electrons. The zero-order valence-electron chi connectivity index (χ0n) is 9.07. The van der Waals surface area contributed by atoms with Gasteiger partial charge >= 0.3 is 0 Å². The van der Waals surface area contributed by atoms with Crippen molar-refractivity contribution in [1.29, 1.82) is 0 Å². The van der Waals surface area contributed by atoms with Gasteiger partial charge in [-0.25, -0.2) is 4.98 Å². The maximum absolute atomic E-state index is 6.10. The minimum atomic E-state index is 0.196. The molecule has 0 radical (unpaired) electrons. The molecule has 2 unspecified atom stereocenters. The van der Waals surface area contributed by atoms with E-state index in [0.29, 0.717) is 5.92 Å². The van der Waals surface area contributed by atoms with E-state index in [4.69, 9.17) is 11.6 Å². The molecular formula is C10H18ClN3. The number of rotatable bonds is 5. The molecule has 2 atom stereocenters. The molecule has 0 amide bonds. The van der Waals surface area contributed by atoms with E-state index in [1.807, 2.05) is 11.6 Å². The third-order valence-electron chi connectivity index (χ3n) is 2.61. The number of hydrogen-bond donors (Lipinski definition) is 0. The Morgan fingerprint density at radius 2 is 2.21 bits per heavy atom. The van der Waals surface area contributed by atoms with Crippen molar-refractivity contribution in [3.63, 3.8) is 0 Å². The van der Waals surface area contributed by atoms with E-state index in [9.17, 15) is 0 Å². The maximum Gasteiger partial charge on any atom is 0.138 e. The normalized spacial score (nSPS) is 15.4. The Hall–Kier alpha value is -0.570. The molecule has 14 heavy (non-hydrogen) atoms. The lowest BCUT2D eigenvalue weighted by molar-refractivity contribution is 0.465. The van der Waals surface area contributed by atoms with Crippen molar-refractivity contribution in [2.75, 3.05) is 0 Å². The molecule has 0 aliphatic heterocycles. The summed E-state index contributed by atoms with van der Waals surface area (Å²) in [6.07, 6.45) is 3.63. The van der Waals surface area contributed by atoms with E-state index in [1.165, 1.54) is 0 Å². The molecule has 0 aliphatic carbocycles. The van der Waals surface area contributed by atoms with Gasteiger partial charge in [0.1, 0.15) is 12.2 Å². The lowest BCUT2D eigenvalue weighted by atomic mass is 9.99. The molecule has 0 fully saturated rings. The highest BCUT2D eigenvalue weighted by Crippen LogP contribution is 2.18. The smallest absolute Gasteiger partial charge is 0.138 e. The fraction of sp³-hybridized carbons (Fsp3) is 0.800. The van der Waals surface area contributed by atoms with E-state index in [1.54, 1.807) is 6.33 Å². The Morgan fingerprint density at radius 3 is 2.71 bits per heavy atom. The van der Waals surface area contributed by atoms with Crippen LogP contribution in [0.25, 0.3) is 0 Å². The van der Waals surface area contributed by atoms with E-state index >= 15 is 0 Å². The first-order valence-corrected chi connectivity index (χ1v) is 5.63. The van der Waals surface area contributed by atoms with Crippen LogP contribution in [0.2, 0.25) is 0 Å². The first-order chi connectivity index (χ1) is 6.69. The molecule has 1 aromatic heterocycles. The van der Waals surface area contributed by atoms with Crippen LogP contribution in [0.3, 0.4) is 0 Å². The zero-order chi connectivity index (χ0) is 10.6. The molecule has 0 aliphatic rings. The summed E-state index contributed by atoms with van der Waals surface area (Å²) in [4.78, 5) is 4.25. The predicted molar refractivity (Wildman–Crippen MR) is 58.5 cm³/mol. The van der Waals surface area contributed by atoms with Gasteiger partial charge in [0.05, 0.1) is 0 Å². The van der Waals surface area contributed by atoms with Crippen LogP contribution in [-0.4, -0.2) is 20.1 Å². The first-order valence-electron chi connectivity index (χ1n) is 5.19. The third-order valence-corrected chi connectivity index (χ3v) is 2.97. The minimum absolute atomic E-state index is 0.196. The summed E-state index contributed by atoms with van der Waals surface area (Å²) in [7, 11) is 0. The Kier molecular flexibility index (Phi) is 4.39. The molecule has 0 saturated heterocycles. The lowest BCUT2D eigenvalue weighted by Gasteiger charge is -2.16. The Balaban J connectivity index is 2.66. The van der Waals surface area contributed by atoms with Gasteiger partial charge in [0.25, 0.3) is 0 Å². The molecule has 4 heteroatoms. The van der Waals surface area contributed by atoms with Gasteiger partial charge in [0.2, 0.25) is 0 Å². The summed E-state index contributed by atoms with van der Waals surface area (Å²) in [6, 6.07) is 0. The molecule has 1 heterocycles. The highest BCUT2D eigenvalue weighted by molar-refractivity contribution is 6.20. The fourth-order valence-electron chi connectivity index (χ4n) is 1.58. The van der Waals surface area contributed by atoms with Gasteiger partial charge in [-0.05, 0) is 19.8 Å². The molecule has 1 rings (SSSR count). The van der Waals surface area contributed by atoms with Crippen LogP contribution in [0.5, 0.6) is 0 Å². The summed E-state index contributed by atoms with van der Waals surface area (Å²) in [6.45, 7) is 7.16. The largest absolute Gasteiger partial charge is 0.250 e. The van der Waals surface area contributed by atoms with Crippen molar-refractivity contribution < 1.29 is 0 Å². The van der Waals surface area contributed by atoms with Gasteiger partial charge in [-0.1, -0.05) is 13.3 Å². The highest BCUT2D eigenvalue weighted by atomic mass is 35.5. The summed E-state index contributed by atoms with van der Waals surface area (Å²) in [5.74, 6) is 1.54. The van der Waals surface area contributed by atoms with Crippen LogP contribution in [0.15, 0.2) is 6.33 Å². The summed E-state index contributed by atoms with van der Waals surface area (Å²) >= 11 is 6.10. The summed E-state index contributed by atoms with van der Waals surface area (Å²) < 4.78 is 1.93. The van der Waals surface area contributed by atoms with Crippen LogP contribution >= 0.6 is 11.6 Å². The standard InChI is InChI=1S/C10H18ClN3/c1-4-9(8(3)11)6-10-12-7-13-14(10)5-2/h7-9H,4-6H2,1-3H3.